The van der Waals surface area contributed by atoms with Crippen molar-refractivity contribution in [3.8, 4) is 0 Å². The summed E-state index contributed by atoms with van der Waals surface area (Å²) in [5, 5.41) is 3.61. The van der Waals surface area contributed by atoms with Crippen molar-refractivity contribution in [3.63, 3.8) is 0 Å². The predicted molar refractivity (Wildman–Crippen MR) is 72.2 cm³/mol. The highest BCUT2D eigenvalue weighted by molar-refractivity contribution is 5.27. The molecule has 1 heterocycles. The average molecular weight is 235 g/mol. The third-order valence-electron chi connectivity index (χ3n) is 3.66. The summed E-state index contributed by atoms with van der Waals surface area (Å²) < 4.78 is 2.27. The smallest absolute Gasteiger partial charge is 0.202 e. The summed E-state index contributed by atoms with van der Waals surface area (Å²) in [7, 11) is 0. The van der Waals surface area contributed by atoms with E-state index in [9.17, 15) is 0 Å². The second-order valence-electron chi connectivity index (χ2n) is 5.13. The van der Waals surface area contributed by atoms with Crippen molar-refractivity contribution in [1.29, 1.82) is 0 Å². The minimum atomic E-state index is 0.649. The van der Waals surface area contributed by atoms with Crippen LogP contribution in [-0.4, -0.2) is 15.6 Å². The Morgan fingerprint density at radius 3 is 2.88 bits per heavy atom. The van der Waals surface area contributed by atoms with Gasteiger partial charge in [0.15, 0.2) is 0 Å². The van der Waals surface area contributed by atoms with Crippen LogP contribution in [-0.2, 0) is 6.54 Å². The van der Waals surface area contributed by atoms with Gasteiger partial charge in [-0.2, -0.15) is 0 Å². The molecule has 96 valence electrons. The van der Waals surface area contributed by atoms with Crippen LogP contribution < -0.4 is 5.32 Å². The summed E-state index contributed by atoms with van der Waals surface area (Å²) in [4.78, 5) is 4.44. The highest BCUT2D eigenvalue weighted by Crippen LogP contribution is 2.21. The Balaban J connectivity index is 1.84. The van der Waals surface area contributed by atoms with E-state index in [0.29, 0.717) is 6.04 Å². The van der Waals surface area contributed by atoms with E-state index in [2.05, 4.69) is 28.0 Å². The van der Waals surface area contributed by atoms with Gasteiger partial charge in [0.25, 0.3) is 0 Å². The molecule has 1 aliphatic carbocycles. The molecule has 0 saturated heterocycles. The van der Waals surface area contributed by atoms with Crippen LogP contribution in [0.15, 0.2) is 12.4 Å². The molecule has 2 rings (SSSR count). The largest absolute Gasteiger partial charge is 0.353 e. The molecule has 3 nitrogen and oxygen atoms in total. The Morgan fingerprint density at radius 2 is 2.12 bits per heavy atom. The molecule has 1 saturated carbocycles. The van der Waals surface area contributed by atoms with Crippen LogP contribution in [0, 0.1) is 0 Å². The lowest BCUT2D eigenvalue weighted by molar-refractivity contribution is 0.458. The molecule has 0 unspecified atom stereocenters. The lowest BCUT2D eigenvalue weighted by Crippen LogP contribution is -2.24. The van der Waals surface area contributed by atoms with Crippen molar-refractivity contribution in [2.75, 3.05) is 5.32 Å². The van der Waals surface area contributed by atoms with E-state index in [1.54, 1.807) is 0 Å². The number of unbranched alkanes of at least 4 members (excludes halogenated alkanes) is 2. The monoisotopic (exact) mass is 235 g/mol. The molecule has 1 aromatic rings. The van der Waals surface area contributed by atoms with Crippen LogP contribution in [0.3, 0.4) is 0 Å². The van der Waals surface area contributed by atoms with Crippen LogP contribution in [0.5, 0.6) is 0 Å². The molecular weight excluding hydrogens is 210 g/mol. The zero-order chi connectivity index (χ0) is 11.9. The quantitative estimate of drug-likeness (QED) is 0.760. The number of rotatable bonds is 6. The first kappa shape index (κ1) is 12.5. The van der Waals surface area contributed by atoms with Gasteiger partial charge in [0.2, 0.25) is 5.95 Å². The molecule has 0 aromatic carbocycles. The van der Waals surface area contributed by atoms with E-state index in [-0.39, 0.29) is 0 Å². The predicted octanol–water partition coefficient (Wildman–Crippen LogP) is 3.82. The maximum Gasteiger partial charge on any atom is 0.202 e. The zero-order valence-corrected chi connectivity index (χ0v) is 11.0. The molecule has 3 heteroatoms. The van der Waals surface area contributed by atoms with Gasteiger partial charge in [-0.05, 0) is 19.3 Å². The minimum absolute atomic E-state index is 0.649. The molecule has 0 aliphatic heterocycles. The Morgan fingerprint density at radius 1 is 1.29 bits per heavy atom. The number of nitrogens with zero attached hydrogens (tertiary/aromatic N) is 2. The van der Waals surface area contributed by atoms with Crippen molar-refractivity contribution in [1.82, 2.24) is 9.55 Å². The van der Waals surface area contributed by atoms with E-state index in [1.165, 1.54) is 51.4 Å². The van der Waals surface area contributed by atoms with Gasteiger partial charge in [-0.3, -0.25) is 0 Å². The summed E-state index contributed by atoms with van der Waals surface area (Å²) in [6, 6.07) is 0.649. The lowest BCUT2D eigenvalue weighted by atomic mass is 9.96. The molecule has 0 amide bonds. The van der Waals surface area contributed by atoms with E-state index < -0.39 is 0 Å². The van der Waals surface area contributed by atoms with Gasteiger partial charge in [0, 0.05) is 25.0 Å². The fourth-order valence-electron chi connectivity index (χ4n) is 2.59. The standard InChI is InChI=1S/C14H25N3/c1-2-3-7-11-17-12-10-15-14(17)16-13-8-5-4-6-9-13/h10,12-13H,2-9,11H2,1H3,(H,15,16). The van der Waals surface area contributed by atoms with E-state index >= 15 is 0 Å². The summed E-state index contributed by atoms with van der Waals surface area (Å²) in [5.41, 5.74) is 0. The van der Waals surface area contributed by atoms with Crippen LogP contribution >= 0.6 is 0 Å². The SMILES string of the molecule is CCCCCn1ccnc1NC1CCCCC1. The highest BCUT2D eigenvalue weighted by Gasteiger charge is 2.14. The van der Waals surface area contributed by atoms with Crippen molar-refractivity contribution in [3.05, 3.63) is 12.4 Å². The Kier molecular flexibility index (Phi) is 4.89. The van der Waals surface area contributed by atoms with Crippen molar-refractivity contribution >= 4 is 5.95 Å². The van der Waals surface area contributed by atoms with Crippen molar-refractivity contribution in [2.24, 2.45) is 0 Å². The normalized spacial score (nSPS) is 17.2. The number of aromatic nitrogens is 2. The number of aryl methyl sites for hydroxylation is 1. The maximum atomic E-state index is 4.44. The highest BCUT2D eigenvalue weighted by atomic mass is 15.2. The van der Waals surface area contributed by atoms with E-state index in [0.717, 1.165) is 12.5 Å². The Bertz CT molecular complexity index is 313. The first-order valence-corrected chi connectivity index (χ1v) is 7.18. The molecule has 1 aromatic heterocycles. The Hall–Kier alpha value is -0.990. The van der Waals surface area contributed by atoms with Gasteiger partial charge in [-0.15, -0.1) is 0 Å². The molecule has 1 fully saturated rings. The molecule has 0 bridgehead atoms. The van der Waals surface area contributed by atoms with Gasteiger partial charge < -0.3 is 9.88 Å². The van der Waals surface area contributed by atoms with E-state index in [1.807, 2.05) is 6.20 Å². The number of imidazole rings is 1. The van der Waals surface area contributed by atoms with Crippen LogP contribution in [0.1, 0.15) is 58.3 Å². The summed E-state index contributed by atoms with van der Waals surface area (Å²) in [5.74, 6) is 1.08. The van der Waals surface area contributed by atoms with Gasteiger partial charge in [0.1, 0.15) is 0 Å². The molecular formula is C14H25N3. The molecule has 1 aliphatic rings. The van der Waals surface area contributed by atoms with Gasteiger partial charge in [-0.1, -0.05) is 39.0 Å². The average Bonchev–Trinajstić information content (AvgIpc) is 2.79. The van der Waals surface area contributed by atoms with Crippen molar-refractivity contribution < 1.29 is 0 Å². The molecule has 17 heavy (non-hydrogen) atoms. The third kappa shape index (κ3) is 3.76. The van der Waals surface area contributed by atoms with Gasteiger partial charge in [-0.25, -0.2) is 4.98 Å². The van der Waals surface area contributed by atoms with Gasteiger partial charge >= 0.3 is 0 Å². The second-order valence-corrected chi connectivity index (χ2v) is 5.13. The minimum Gasteiger partial charge on any atom is -0.353 e. The van der Waals surface area contributed by atoms with Crippen LogP contribution in [0.25, 0.3) is 0 Å². The van der Waals surface area contributed by atoms with Crippen LogP contribution in [0.2, 0.25) is 0 Å². The lowest BCUT2D eigenvalue weighted by Gasteiger charge is -2.23. The maximum absolute atomic E-state index is 4.44. The molecule has 1 N–H and O–H groups in total. The summed E-state index contributed by atoms with van der Waals surface area (Å²) in [6.07, 6.45) is 14.6. The number of nitrogens with one attached hydrogen (secondary N) is 1. The fraction of sp³-hybridized carbons (Fsp3) is 0.786. The molecule has 0 spiro atoms. The summed E-state index contributed by atoms with van der Waals surface area (Å²) in [6.45, 7) is 3.35. The number of anilines is 1. The van der Waals surface area contributed by atoms with Crippen molar-refractivity contribution in [2.45, 2.75) is 70.9 Å². The van der Waals surface area contributed by atoms with E-state index in [4.69, 9.17) is 0 Å². The Labute approximate surface area is 105 Å². The third-order valence-corrected chi connectivity index (χ3v) is 3.66. The van der Waals surface area contributed by atoms with Crippen LogP contribution in [0.4, 0.5) is 5.95 Å². The second kappa shape index (κ2) is 6.67. The summed E-state index contributed by atoms with van der Waals surface area (Å²) >= 11 is 0. The first-order valence-electron chi connectivity index (χ1n) is 7.18. The number of hydrogen-bond acceptors (Lipinski definition) is 2. The molecule has 0 radical (unpaired) electrons. The number of hydrogen-bond donors (Lipinski definition) is 1. The fourth-order valence-corrected chi connectivity index (χ4v) is 2.59. The topological polar surface area (TPSA) is 29.9 Å². The van der Waals surface area contributed by atoms with Gasteiger partial charge in [0.05, 0.1) is 0 Å². The molecule has 0 atom stereocenters. The first-order chi connectivity index (χ1) is 8.40. The zero-order valence-electron chi connectivity index (χ0n) is 11.0.